The first-order valence-electron chi connectivity index (χ1n) is 8.36. The van der Waals surface area contributed by atoms with Crippen LogP contribution < -0.4 is 4.80 Å². The highest BCUT2D eigenvalue weighted by Gasteiger charge is 2.16. The molecule has 0 spiro atoms. The van der Waals surface area contributed by atoms with Crippen molar-refractivity contribution < 1.29 is 4.79 Å². The van der Waals surface area contributed by atoms with E-state index >= 15 is 0 Å². The van der Waals surface area contributed by atoms with E-state index in [4.69, 9.17) is 0 Å². The molecule has 0 fully saturated rings. The summed E-state index contributed by atoms with van der Waals surface area (Å²) in [4.78, 5) is 27.1. The van der Waals surface area contributed by atoms with Crippen LogP contribution in [-0.4, -0.2) is 20.4 Å². The van der Waals surface area contributed by atoms with E-state index in [0.717, 1.165) is 16.3 Å². The number of carbonyl (C=O) groups is 1. The van der Waals surface area contributed by atoms with Gasteiger partial charge in [0, 0.05) is 24.3 Å². The Morgan fingerprint density at radius 2 is 1.96 bits per heavy atom. The Morgan fingerprint density at radius 3 is 2.74 bits per heavy atom. The summed E-state index contributed by atoms with van der Waals surface area (Å²) in [5, 5.41) is 2.67. The predicted octanol–water partition coefficient (Wildman–Crippen LogP) is 4.17. The molecule has 134 valence electrons. The Balaban J connectivity index is 1.63. The molecule has 27 heavy (non-hydrogen) atoms. The van der Waals surface area contributed by atoms with Gasteiger partial charge in [-0.05, 0) is 24.6 Å². The molecule has 0 aliphatic heterocycles. The van der Waals surface area contributed by atoms with Gasteiger partial charge in [0.25, 0.3) is 5.91 Å². The van der Waals surface area contributed by atoms with Crippen LogP contribution in [0.4, 0.5) is 0 Å². The van der Waals surface area contributed by atoms with Crippen LogP contribution in [0, 0.1) is 6.92 Å². The van der Waals surface area contributed by atoms with Crippen molar-refractivity contribution in [3.63, 3.8) is 0 Å². The lowest BCUT2D eigenvalue weighted by atomic mass is 10.2. The molecule has 4 aromatic rings. The second-order valence-electron chi connectivity index (χ2n) is 5.86. The number of rotatable bonds is 4. The van der Waals surface area contributed by atoms with E-state index in [-0.39, 0.29) is 5.91 Å². The zero-order valence-corrected chi connectivity index (χ0v) is 16.2. The molecule has 5 nitrogen and oxygen atoms in total. The predicted molar refractivity (Wildman–Crippen MR) is 108 cm³/mol. The van der Waals surface area contributed by atoms with Crippen LogP contribution in [0.15, 0.2) is 71.3 Å². The molecule has 0 radical (unpaired) electrons. The lowest BCUT2D eigenvalue weighted by Gasteiger charge is -2.02. The van der Waals surface area contributed by atoms with Crippen LogP contribution in [0.5, 0.6) is 0 Å². The second-order valence-corrected chi connectivity index (χ2v) is 7.74. The monoisotopic (exact) mass is 392 g/mol. The molecule has 0 aliphatic rings. The van der Waals surface area contributed by atoms with E-state index in [1.54, 1.807) is 6.20 Å². The number of hydrogen-bond acceptors (Lipinski definition) is 5. The van der Waals surface area contributed by atoms with Crippen LogP contribution in [0.1, 0.15) is 20.9 Å². The summed E-state index contributed by atoms with van der Waals surface area (Å²) >= 11 is 2.78. The SMILES string of the molecule is Cc1nc(-c2ccccn2)sc1C(=O)N=c1sccn1Cc1ccccc1. The summed E-state index contributed by atoms with van der Waals surface area (Å²) in [6.45, 7) is 2.51. The average Bonchev–Trinajstić information content (AvgIpc) is 3.30. The Bertz CT molecular complexity index is 1130. The van der Waals surface area contributed by atoms with Crippen molar-refractivity contribution in [1.82, 2.24) is 14.5 Å². The molecule has 0 saturated carbocycles. The minimum atomic E-state index is -0.267. The molecule has 3 aromatic heterocycles. The first-order valence-corrected chi connectivity index (χ1v) is 10.1. The minimum Gasteiger partial charge on any atom is -0.319 e. The quantitative estimate of drug-likeness (QED) is 0.524. The third-order valence-corrected chi connectivity index (χ3v) is 5.89. The summed E-state index contributed by atoms with van der Waals surface area (Å²) in [5.74, 6) is -0.267. The van der Waals surface area contributed by atoms with Gasteiger partial charge < -0.3 is 4.57 Å². The van der Waals surface area contributed by atoms with Gasteiger partial charge in [-0.25, -0.2) is 4.98 Å². The van der Waals surface area contributed by atoms with Gasteiger partial charge in [0.15, 0.2) is 4.80 Å². The molecule has 4 rings (SSSR count). The maximum absolute atomic E-state index is 12.8. The average molecular weight is 393 g/mol. The topological polar surface area (TPSA) is 60.1 Å². The fourth-order valence-electron chi connectivity index (χ4n) is 2.62. The van der Waals surface area contributed by atoms with Crippen molar-refractivity contribution in [2.45, 2.75) is 13.5 Å². The van der Waals surface area contributed by atoms with E-state index in [9.17, 15) is 4.79 Å². The molecule has 0 atom stereocenters. The highest BCUT2D eigenvalue weighted by atomic mass is 32.1. The molecule has 3 heterocycles. The lowest BCUT2D eigenvalue weighted by molar-refractivity contribution is 0.100. The van der Waals surface area contributed by atoms with E-state index in [0.29, 0.717) is 21.9 Å². The van der Waals surface area contributed by atoms with Crippen LogP contribution in [0.25, 0.3) is 10.7 Å². The molecule has 0 aliphatic carbocycles. The van der Waals surface area contributed by atoms with Crippen molar-refractivity contribution in [2.24, 2.45) is 4.99 Å². The van der Waals surface area contributed by atoms with E-state index < -0.39 is 0 Å². The summed E-state index contributed by atoms with van der Waals surface area (Å²) in [5.41, 5.74) is 2.61. The highest BCUT2D eigenvalue weighted by molar-refractivity contribution is 7.17. The van der Waals surface area contributed by atoms with Crippen LogP contribution in [0.3, 0.4) is 0 Å². The highest BCUT2D eigenvalue weighted by Crippen LogP contribution is 2.26. The fourth-order valence-corrected chi connectivity index (χ4v) is 4.27. The molecule has 0 unspecified atom stereocenters. The van der Waals surface area contributed by atoms with Gasteiger partial charge >= 0.3 is 0 Å². The number of nitrogens with zero attached hydrogens (tertiary/aromatic N) is 4. The van der Waals surface area contributed by atoms with Gasteiger partial charge in [-0.15, -0.1) is 22.7 Å². The van der Waals surface area contributed by atoms with Crippen molar-refractivity contribution >= 4 is 28.6 Å². The zero-order valence-electron chi connectivity index (χ0n) is 14.6. The second kappa shape index (κ2) is 7.77. The molecule has 1 aromatic carbocycles. The van der Waals surface area contributed by atoms with Crippen molar-refractivity contribution in [3.05, 3.63) is 87.2 Å². The minimum absolute atomic E-state index is 0.267. The van der Waals surface area contributed by atoms with Gasteiger partial charge in [-0.3, -0.25) is 9.78 Å². The maximum Gasteiger partial charge on any atom is 0.291 e. The molecule has 0 bridgehead atoms. The van der Waals surface area contributed by atoms with Gasteiger partial charge in [0.05, 0.1) is 11.4 Å². The molecule has 1 amide bonds. The fraction of sp³-hybridized carbons (Fsp3) is 0.100. The Hall–Kier alpha value is -2.90. The van der Waals surface area contributed by atoms with Crippen molar-refractivity contribution in [3.8, 4) is 10.7 Å². The number of amides is 1. The van der Waals surface area contributed by atoms with Gasteiger partial charge in [-0.2, -0.15) is 4.99 Å². The third-order valence-electron chi connectivity index (χ3n) is 3.93. The third kappa shape index (κ3) is 3.94. The van der Waals surface area contributed by atoms with Crippen molar-refractivity contribution in [2.75, 3.05) is 0 Å². The van der Waals surface area contributed by atoms with E-state index in [1.807, 2.05) is 59.5 Å². The smallest absolute Gasteiger partial charge is 0.291 e. The number of aromatic nitrogens is 3. The van der Waals surface area contributed by atoms with Gasteiger partial charge in [-0.1, -0.05) is 36.4 Å². The molecule has 0 saturated heterocycles. The molecule has 0 N–H and O–H groups in total. The Kier molecular flexibility index (Phi) is 5.04. The van der Waals surface area contributed by atoms with E-state index in [1.165, 1.54) is 22.7 Å². The standard InChI is InChI=1S/C20H16N4OS2/c1-14-17(27-19(22-14)16-9-5-6-10-21-16)18(25)23-20-24(11-12-26-20)13-15-7-3-2-4-8-15/h2-12H,13H2,1H3. The van der Waals surface area contributed by atoms with Gasteiger partial charge in [0.2, 0.25) is 0 Å². The first kappa shape index (κ1) is 17.5. The van der Waals surface area contributed by atoms with Gasteiger partial charge in [0.1, 0.15) is 9.88 Å². The number of hydrogen-bond donors (Lipinski definition) is 0. The summed E-state index contributed by atoms with van der Waals surface area (Å²) < 4.78 is 1.98. The summed E-state index contributed by atoms with van der Waals surface area (Å²) in [7, 11) is 0. The van der Waals surface area contributed by atoms with Crippen LogP contribution in [0.2, 0.25) is 0 Å². The summed E-state index contributed by atoms with van der Waals surface area (Å²) in [6.07, 6.45) is 3.67. The number of thiazole rings is 2. The van der Waals surface area contributed by atoms with Crippen LogP contribution >= 0.6 is 22.7 Å². The Labute approximate surface area is 164 Å². The number of pyridine rings is 1. The Morgan fingerprint density at radius 1 is 1.15 bits per heavy atom. The maximum atomic E-state index is 12.8. The normalized spacial score (nSPS) is 11.7. The molecular formula is C20H16N4OS2. The molecule has 7 heteroatoms. The zero-order chi connectivity index (χ0) is 18.6. The molecular weight excluding hydrogens is 376 g/mol. The van der Waals surface area contributed by atoms with E-state index in [2.05, 4.69) is 27.1 Å². The van der Waals surface area contributed by atoms with Crippen LogP contribution in [-0.2, 0) is 6.54 Å². The number of carbonyl (C=O) groups excluding carboxylic acids is 1. The summed E-state index contributed by atoms with van der Waals surface area (Å²) in [6, 6.07) is 15.8. The largest absolute Gasteiger partial charge is 0.319 e. The number of aryl methyl sites for hydroxylation is 1. The lowest BCUT2D eigenvalue weighted by Crippen LogP contribution is -2.17. The number of benzene rings is 1. The first-order chi connectivity index (χ1) is 13.2. The van der Waals surface area contributed by atoms with Crippen molar-refractivity contribution in [1.29, 1.82) is 0 Å².